The Morgan fingerprint density at radius 3 is 3.05 bits per heavy atom. The van der Waals surface area contributed by atoms with Gasteiger partial charge in [0.1, 0.15) is 0 Å². The van der Waals surface area contributed by atoms with E-state index in [0.717, 1.165) is 19.4 Å². The molecule has 1 aromatic heterocycles. The maximum atomic E-state index is 12.3. The molecule has 2 aliphatic heterocycles. The number of likely N-dealkylation sites (tertiary alicyclic amines) is 1. The standard InChI is InChI=1S/C15H22N2O3S/c1-15(19-7-8-20-15)12-4-2-6-17(11-12)14(18)16-10-13-5-3-9-21-13/h3,5,9,12H,2,4,6-8,10-11H2,1H3,(H,16,18)/t12-/m1/s1. The van der Waals surface area contributed by atoms with Crippen LogP contribution >= 0.6 is 11.3 Å². The number of nitrogens with one attached hydrogen (secondary N) is 1. The van der Waals surface area contributed by atoms with Crippen molar-refractivity contribution in [1.29, 1.82) is 0 Å². The molecule has 0 radical (unpaired) electrons. The monoisotopic (exact) mass is 310 g/mol. The van der Waals surface area contributed by atoms with Crippen molar-refractivity contribution < 1.29 is 14.3 Å². The molecule has 2 aliphatic rings. The van der Waals surface area contributed by atoms with E-state index in [1.807, 2.05) is 29.3 Å². The van der Waals surface area contributed by atoms with Crippen LogP contribution in [0, 0.1) is 5.92 Å². The first-order valence-corrected chi connectivity index (χ1v) is 8.38. The fourth-order valence-corrected chi connectivity index (χ4v) is 3.69. The summed E-state index contributed by atoms with van der Waals surface area (Å²) in [4.78, 5) is 15.4. The summed E-state index contributed by atoms with van der Waals surface area (Å²) in [7, 11) is 0. The first-order valence-electron chi connectivity index (χ1n) is 7.50. The van der Waals surface area contributed by atoms with Crippen LogP contribution in [0.25, 0.3) is 0 Å². The molecule has 1 atom stereocenters. The lowest BCUT2D eigenvalue weighted by Crippen LogP contribution is -2.51. The highest BCUT2D eigenvalue weighted by molar-refractivity contribution is 7.09. The first-order chi connectivity index (χ1) is 10.2. The average molecular weight is 310 g/mol. The van der Waals surface area contributed by atoms with E-state index in [0.29, 0.717) is 26.3 Å². The number of rotatable bonds is 3. The summed E-state index contributed by atoms with van der Waals surface area (Å²) in [6, 6.07) is 4.04. The summed E-state index contributed by atoms with van der Waals surface area (Å²) in [5.41, 5.74) is 0. The number of nitrogens with zero attached hydrogens (tertiary/aromatic N) is 1. The molecule has 2 fully saturated rings. The molecule has 116 valence electrons. The van der Waals surface area contributed by atoms with Crippen LogP contribution in [0.15, 0.2) is 17.5 Å². The summed E-state index contributed by atoms with van der Waals surface area (Å²) in [6.07, 6.45) is 2.05. The molecular formula is C15H22N2O3S. The van der Waals surface area contributed by atoms with Gasteiger partial charge >= 0.3 is 6.03 Å². The van der Waals surface area contributed by atoms with Gasteiger partial charge in [-0.1, -0.05) is 6.07 Å². The van der Waals surface area contributed by atoms with Gasteiger partial charge in [0.15, 0.2) is 5.79 Å². The molecule has 1 N–H and O–H groups in total. The van der Waals surface area contributed by atoms with Crippen molar-refractivity contribution in [3.8, 4) is 0 Å². The highest BCUT2D eigenvalue weighted by Gasteiger charge is 2.42. The summed E-state index contributed by atoms with van der Waals surface area (Å²) in [5, 5.41) is 5.02. The van der Waals surface area contributed by atoms with Crippen molar-refractivity contribution in [3.63, 3.8) is 0 Å². The van der Waals surface area contributed by atoms with Crippen molar-refractivity contribution in [2.24, 2.45) is 5.92 Å². The van der Waals surface area contributed by atoms with Gasteiger partial charge < -0.3 is 19.7 Å². The van der Waals surface area contributed by atoms with Crippen LogP contribution < -0.4 is 5.32 Å². The Balaban J connectivity index is 1.54. The Morgan fingerprint density at radius 2 is 2.33 bits per heavy atom. The molecule has 3 rings (SSSR count). The number of piperidine rings is 1. The van der Waals surface area contributed by atoms with E-state index >= 15 is 0 Å². The Kier molecular flexibility index (Phi) is 4.47. The van der Waals surface area contributed by atoms with Gasteiger partial charge in [-0.2, -0.15) is 0 Å². The van der Waals surface area contributed by atoms with Crippen molar-refractivity contribution >= 4 is 17.4 Å². The molecule has 3 heterocycles. The Labute approximate surface area is 129 Å². The van der Waals surface area contributed by atoms with Gasteiger partial charge in [0.25, 0.3) is 0 Å². The lowest BCUT2D eigenvalue weighted by molar-refractivity contribution is -0.189. The Morgan fingerprint density at radius 1 is 1.52 bits per heavy atom. The minimum atomic E-state index is -0.521. The fraction of sp³-hybridized carbons (Fsp3) is 0.667. The normalized spacial score (nSPS) is 25.0. The molecule has 2 saturated heterocycles. The van der Waals surface area contributed by atoms with Crippen LogP contribution in [0.2, 0.25) is 0 Å². The van der Waals surface area contributed by atoms with Crippen molar-refractivity contribution in [3.05, 3.63) is 22.4 Å². The lowest BCUT2D eigenvalue weighted by Gasteiger charge is -2.39. The topological polar surface area (TPSA) is 50.8 Å². The van der Waals surface area contributed by atoms with E-state index in [4.69, 9.17) is 9.47 Å². The van der Waals surface area contributed by atoms with Crippen LogP contribution in [0.5, 0.6) is 0 Å². The number of carbonyl (C=O) groups is 1. The summed E-state index contributed by atoms with van der Waals surface area (Å²) in [5.74, 6) is -0.270. The molecule has 0 unspecified atom stereocenters. The zero-order chi connectivity index (χ0) is 14.7. The third kappa shape index (κ3) is 3.39. The molecule has 6 heteroatoms. The number of ether oxygens (including phenoxy) is 2. The molecule has 0 aromatic carbocycles. The van der Waals surface area contributed by atoms with Crippen LogP contribution in [-0.4, -0.2) is 43.0 Å². The second-order valence-electron chi connectivity index (χ2n) is 5.74. The van der Waals surface area contributed by atoms with E-state index in [9.17, 15) is 4.79 Å². The zero-order valence-electron chi connectivity index (χ0n) is 12.3. The average Bonchev–Trinajstić information content (AvgIpc) is 3.17. The van der Waals surface area contributed by atoms with E-state index < -0.39 is 5.79 Å². The van der Waals surface area contributed by atoms with Gasteiger partial charge in [-0.3, -0.25) is 0 Å². The highest BCUT2D eigenvalue weighted by Crippen LogP contribution is 2.34. The molecular weight excluding hydrogens is 288 g/mol. The van der Waals surface area contributed by atoms with Gasteiger partial charge in [-0.05, 0) is 31.2 Å². The number of thiophene rings is 1. The second kappa shape index (κ2) is 6.34. The van der Waals surface area contributed by atoms with Crippen LogP contribution in [-0.2, 0) is 16.0 Å². The summed E-state index contributed by atoms with van der Waals surface area (Å²) in [6.45, 7) is 5.41. The van der Waals surface area contributed by atoms with E-state index in [1.54, 1.807) is 11.3 Å². The van der Waals surface area contributed by atoms with Crippen molar-refractivity contribution in [2.75, 3.05) is 26.3 Å². The number of amides is 2. The minimum Gasteiger partial charge on any atom is -0.347 e. The Hall–Kier alpha value is -1.11. The zero-order valence-corrected chi connectivity index (χ0v) is 13.2. The fourth-order valence-electron chi connectivity index (χ4n) is 3.04. The van der Waals surface area contributed by atoms with Gasteiger partial charge in [0.2, 0.25) is 0 Å². The molecule has 21 heavy (non-hydrogen) atoms. The smallest absolute Gasteiger partial charge is 0.317 e. The van der Waals surface area contributed by atoms with Crippen molar-refractivity contribution in [1.82, 2.24) is 10.2 Å². The van der Waals surface area contributed by atoms with Gasteiger partial charge in [-0.25, -0.2) is 4.79 Å². The molecule has 0 saturated carbocycles. The van der Waals surface area contributed by atoms with Gasteiger partial charge in [0.05, 0.1) is 19.8 Å². The Bertz CT molecular complexity index is 471. The lowest BCUT2D eigenvalue weighted by atomic mass is 9.90. The van der Waals surface area contributed by atoms with E-state index in [2.05, 4.69) is 5.32 Å². The molecule has 0 spiro atoms. The first kappa shape index (κ1) is 14.8. The summed E-state index contributed by atoms with van der Waals surface area (Å²) >= 11 is 1.66. The molecule has 0 aliphatic carbocycles. The summed E-state index contributed by atoms with van der Waals surface area (Å²) < 4.78 is 11.5. The maximum absolute atomic E-state index is 12.3. The van der Waals surface area contributed by atoms with Crippen molar-refractivity contribution in [2.45, 2.75) is 32.1 Å². The largest absolute Gasteiger partial charge is 0.347 e. The highest BCUT2D eigenvalue weighted by atomic mass is 32.1. The van der Waals surface area contributed by atoms with E-state index in [1.165, 1.54) is 4.88 Å². The van der Waals surface area contributed by atoms with Crippen LogP contribution in [0.1, 0.15) is 24.6 Å². The number of hydrogen-bond acceptors (Lipinski definition) is 4. The number of hydrogen-bond donors (Lipinski definition) is 1. The SMILES string of the molecule is CC1([C@@H]2CCCN(C(=O)NCc3cccs3)C2)OCCO1. The quantitative estimate of drug-likeness (QED) is 0.933. The molecule has 2 amide bonds. The molecule has 5 nitrogen and oxygen atoms in total. The van der Waals surface area contributed by atoms with Gasteiger partial charge in [0, 0.05) is 23.9 Å². The van der Waals surface area contributed by atoms with Gasteiger partial charge in [-0.15, -0.1) is 11.3 Å². The number of urea groups is 1. The predicted molar refractivity (Wildman–Crippen MR) is 81.2 cm³/mol. The third-order valence-electron chi connectivity index (χ3n) is 4.30. The second-order valence-corrected chi connectivity index (χ2v) is 6.77. The third-order valence-corrected chi connectivity index (χ3v) is 5.18. The maximum Gasteiger partial charge on any atom is 0.317 e. The van der Waals surface area contributed by atoms with Crippen LogP contribution in [0.3, 0.4) is 0 Å². The van der Waals surface area contributed by atoms with E-state index in [-0.39, 0.29) is 11.9 Å². The molecule has 1 aromatic rings. The van der Waals surface area contributed by atoms with Crippen LogP contribution in [0.4, 0.5) is 4.79 Å². The molecule has 0 bridgehead atoms. The predicted octanol–water partition coefficient (Wildman–Crippen LogP) is 2.43. The number of carbonyl (C=O) groups excluding carboxylic acids is 1. The minimum absolute atomic E-state index is 0.00898.